The number of fused-ring (bicyclic) bond motifs is 3. The first-order chi connectivity index (χ1) is 13.2. The molecule has 4 rings (SSSR count). The van der Waals surface area contributed by atoms with E-state index in [1.54, 1.807) is 4.90 Å². The summed E-state index contributed by atoms with van der Waals surface area (Å²) in [6.45, 7) is 11.7. The molecular formula is C25H31NO2. The Morgan fingerprint density at radius 3 is 2.57 bits per heavy atom. The average Bonchev–Trinajstić information content (AvgIpc) is 3.00. The van der Waals surface area contributed by atoms with Crippen LogP contribution in [0, 0.1) is 18.3 Å². The fourth-order valence-electron chi connectivity index (χ4n) is 5.71. The van der Waals surface area contributed by atoms with Gasteiger partial charge in [-0.05, 0) is 70.9 Å². The summed E-state index contributed by atoms with van der Waals surface area (Å²) in [6.07, 6.45) is 1.89. The lowest BCUT2D eigenvalue weighted by Gasteiger charge is -2.56. The number of carboxylic acid groups (broad SMARTS) is 1. The minimum Gasteiger partial charge on any atom is -0.465 e. The van der Waals surface area contributed by atoms with Gasteiger partial charge in [-0.15, -0.1) is 0 Å². The molecule has 0 saturated carbocycles. The summed E-state index contributed by atoms with van der Waals surface area (Å²) < 4.78 is 0. The Balaban J connectivity index is 2.02. The van der Waals surface area contributed by atoms with E-state index in [4.69, 9.17) is 0 Å². The molecule has 1 heterocycles. The highest BCUT2D eigenvalue weighted by Gasteiger charge is 2.54. The zero-order chi connectivity index (χ0) is 20.3. The van der Waals surface area contributed by atoms with Gasteiger partial charge in [0, 0.05) is 6.54 Å². The second-order valence-electron chi connectivity index (χ2n) is 9.76. The normalized spacial score (nSPS) is 24.0. The molecular weight excluding hydrogens is 346 g/mol. The number of nitrogens with zero attached hydrogens (tertiary/aromatic N) is 1. The first-order valence-electron chi connectivity index (χ1n) is 10.4. The van der Waals surface area contributed by atoms with Gasteiger partial charge < -0.3 is 5.11 Å². The van der Waals surface area contributed by atoms with Crippen molar-refractivity contribution in [1.29, 1.82) is 0 Å². The lowest BCUT2D eigenvalue weighted by atomic mass is 9.61. The summed E-state index contributed by atoms with van der Waals surface area (Å²) in [5.74, 6) is 0.496. The van der Waals surface area contributed by atoms with E-state index >= 15 is 0 Å². The third-order valence-electron chi connectivity index (χ3n) is 7.04. The van der Waals surface area contributed by atoms with E-state index in [0.29, 0.717) is 12.5 Å². The van der Waals surface area contributed by atoms with Crippen LogP contribution in [-0.4, -0.2) is 22.6 Å². The Morgan fingerprint density at radius 1 is 1.18 bits per heavy atom. The maximum absolute atomic E-state index is 12.4. The Morgan fingerprint density at radius 2 is 1.89 bits per heavy atom. The van der Waals surface area contributed by atoms with Crippen LogP contribution < -0.4 is 0 Å². The van der Waals surface area contributed by atoms with E-state index in [2.05, 4.69) is 71.0 Å². The fourth-order valence-corrected chi connectivity index (χ4v) is 5.71. The second kappa shape index (κ2) is 6.37. The number of carbonyl (C=O) groups is 1. The van der Waals surface area contributed by atoms with Crippen LogP contribution in [0.15, 0.2) is 36.4 Å². The van der Waals surface area contributed by atoms with E-state index in [1.165, 1.54) is 33.4 Å². The monoisotopic (exact) mass is 377 g/mol. The molecule has 1 amide bonds. The number of rotatable bonds is 1. The Bertz CT molecular complexity index is 940. The molecule has 0 bridgehead atoms. The first kappa shape index (κ1) is 19.0. The van der Waals surface area contributed by atoms with Gasteiger partial charge in [0.05, 0.1) is 5.54 Å². The summed E-state index contributed by atoms with van der Waals surface area (Å²) in [5.41, 5.74) is 7.07. The second-order valence-corrected chi connectivity index (χ2v) is 9.76. The van der Waals surface area contributed by atoms with E-state index in [1.807, 2.05) is 0 Å². The quantitative estimate of drug-likeness (QED) is 0.547. The van der Waals surface area contributed by atoms with Crippen molar-refractivity contribution in [2.75, 3.05) is 6.54 Å². The van der Waals surface area contributed by atoms with Crippen molar-refractivity contribution in [2.45, 2.75) is 59.4 Å². The third kappa shape index (κ3) is 2.59. The number of piperidine rings is 1. The predicted octanol–water partition coefficient (Wildman–Crippen LogP) is 6.22. The molecule has 2 aliphatic rings. The molecule has 0 aromatic heterocycles. The molecule has 1 aliphatic carbocycles. The molecule has 3 heteroatoms. The minimum absolute atomic E-state index is 0.210. The van der Waals surface area contributed by atoms with Crippen LogP contribution in [0.4, 0.5) is 4.79 Å². The highest BCUT2D eigenvalue weighted by atomic mass is 16.4. The van der Waals surface area contributed by atoms with Gasteiger partial charge in [0.2, 0.25) is 0 Å². The standard InChI is InChI=1S/C25H31NO2/c1-16-12-13-26(23(27)28)25(15-16,24(3,4)5)21-11-10-17(2)22-19-9-7-6-8-18(19)14-20(21)22/h6-11,16H,12-15H2,1-5H3,(H,27,28). The highest BCUT2D eigenvalue weighted by molar-refractivity contribution is 5.81. The number of hydrogen-bond donors (Lipinski definition) is 1. The lowest BCUT2D eigenvalue weighted by molar-refractivity contribution is -0.0452. The van der Waals surface area contributed by atoms with Crippen molar-refractivity contribution in [3.63, 3.8) is 0 Å². The van der Waals surface area contributed by atoms with Crippen LogP contribution in [0.2, 0.25) is 0 Å². The molecule has 148 valence electrons. The van der Waals surface area contributed by atoms with Crippen LogP contribution in [0.3, 0.4) is 0 Å². The molecule has 2 aromatic carbocycles. The van der Waals surface area contributed by atoms with E-state index in [-0.39, 0.29) is 5.41 Å². The Kier molecular flexibility index (Phi) is 4.33. The molecule has 2 unspecified atom stereocenters. The van der Waals surface area contributed by atoms with Crippen LogP contribution in [0.1, 0.15) is 62.8 Å². The fraction of sp³-hybridized carbons (Fsp3) is 0.480. The van der Waals surface area contributed by atoms with Crippen molar-refractivity contribution in [3.8, 4) is 11.1 Å². The predicted molar refractivity (Wildman–Crippen MR) is 114 cm³/mol. The summed E-state index contributed by atoms with van der Waals surface area (Å²) in [7, 11) is 0. The SMILES string of the molecule is Cc1ccc(C2(C(C)(C)C)CC(C)CCN2C(=O)O)c2c1-c1ccccc1C2. The topological polar surface area (TPSA) is 40.5 Å². The molecule has 28 heavy (non-hydrogen) atoms. The molecule has 3 nitrogen and oxygen atoms in total. The minimum atomic E-state index is -0.799. The van der Waals surface area contributed by atoms with Crippen LogP contribution >= 0.6 is 0 Å². The Labute approximate surface area is 168 Å². The lowest BCUT2D eigenvalue weighted by Crippen LogP contribution is -2.60. The Hall–Kier alpha value is -2.29. The summed E-state index contributed by atoms with van der Waals surface area (Å²) in [5, 5.41) is 10.2. The number of hydrogen-bond acceptors (Lipinski definition) is 1. The van der Waals surface area contributed by atoms with Crippen molar-refractivity contribution in [3.05, 3.63) is 58.7 Å². The summed E-state index contributed by atoms with van der Waals surface area (Å²) in [4.78, 5) is 14.2. The molecule has 0 radical (unpaired) electrons. The zero-order valence-electron chi connectivity index (χ0n) is 17.7. The highest BCUT2D eigenvalue weighted by Crippen LogP contribution is 2.55. The van der Waals surface area contributed by atoms with Crippen LogP contribution in [-0.2, 0) is 12.0 Å². The van der Waals surface area contributed by atoms with Crippen molar-refractivity contribution >= 4 is 6.09 Å². The van der Waals surface area contributed by atoms with Gasteiger partial charge in [-0.25, -0.2) is 4.79 Å². The maximum Gasteiger partial charge on any atom is 0.408 e. The first-order valence-corrected chi connectivity index (χ1v) is 10.4. The van der Waals surface area contributed by atoms with Gasteiger partial charge in [0.15, 0.2) is 0 Å². The number of benzene rings is 2. The number of likely N-dealkylation sites (tertiary alicyclic amines) is 1. The van der Waals surface area contributed by atoms with Crippen molar-refractivity contribution in [2.24, 2.45) is 11.3 Å². The summed E-state index contributed by atoms with van der Waals surface area (Å²) >= 11 is 0. The zero-order valence-corrected chi connectivity index (χ0v) is 17.7. The van der Waals surface area contributed by atoms with Gasteiger partial charge in [-0.1, -0.05) is 64.1 Å². The third-order valence-corrected chi connectivity index (χ3v) is 7.04. The van der Waals surface area contributed by atoms with E-state index in [9.17, 15) is 9.90 Å². The molecule has 1 N–H and O–H groups in total. The molecule has 1 saturated heterocycles. The van der Waals surface area contributed by atoms with Crippen LogP contribution in [0.25, 0.3) is 11.1 Å². The van der Waals surface area contributed by atoms with Gasteiger partial charge in [-0.2, -0.15) is 0 Å². The molecule has 2 atom stereocenters. The molecule has 1 aliphatic heterocycles. The average molecular weight is 378 g/mol. The largest absolute Gasteiger partial charge is 0.465 e. The van der Waals surface area contributed by atoms with E-state index in [0.717, 1.165) is 19.3 Å². The van der Waals surface area contributed by atoms with Gasteiger partial charge in [0.1, 0.15) is 0 Å². The van der Waals surface area contributed by atoms with E-state index < -0.39 is 11.6 Å². The number of aryl methyl sites for hydroxylation is 1. The summed E-state index contributed by atoms with van der Waals surface area (Å²) in [6, 6.07) is 13.0. The van der Waals surface area contributed by atoms with Gasteiger partial charge in [-0.3, -0.25) is 4.90 Å². The molecule has 1 fully saturated rings. The van der Waals surface area contributed by atoms with Crippen LogP contribution in [0.5, 0.6) is 0 Å². The molecule has 0 spiro atoms. The maximum atomic E-state index is 12.4. The van der Waals surface area contributed by atoms with Gasteiger partial charge in [0.25, 0.3) is 0 Å². The smallest absolute Gasteiger partial charge is 0.408 e. The van der Waals surface area contributed by atoms with Gasteiger partial charge >= 0.3 is 6.09 Å². The van der Waals surface area contributed by atoms with Crippen molar-refractivity contribution < 1.29 is 9.90 Å². The number of amides is 1. The van der Waals surface area contributed by atoms with Crippen molar-refractivity contribution in [1.82, 2.24) is 4.90 Å². The molecule has 2 aromatic rings.